The third-order valence-electron chi connectivity index (χ3n) is 4.71. The van der Waals surface area contributed by atoms with Gasteiger partial charge in [-0.15, -0.1) is 0 Å². The largest absolute Gasteiger partial charge is 0.489 e. The molecule has 2 unspecified atom stereocenters. The molecule has 1 saturated heterocycles. The van der Waals surface area contributed by atoms with E-state index >= 15 is 0 Å². The van der Waals surface area contributed by atoms with Crippen molar-refractivity contribution < 1.29 is 9.53 Å². The van der Waals surface area contributed by atoms with Gasteiger partial charge in [0.2, 0.25) is 5.91 Å². The summed E-state index contributed by atoms with van der Waals surface area (Å²) >= 11 is 5.89. The average molecular weight is 373 g/mol. The minimum Gasteiger partial charge on any atom is -0.489 e. The summed E-state index contributed by atoms with van der Waals surface area (Å²) in [5.41, 5.74) is 2.01. The van der Waals surface area contributed by atoms with Crippen LogP contribution < -0.4 is 15.4 Å². The summed E-state index contributed by atoms with van der Waals surface area (Å²) in [5.74, 6) is 1.29. The molecule has 1 amide bonds. The van der Waals surface area contributed by atoms with E-state index in [9.17, 15) is 4.79 Å². The van der Waals surface area contributed by atoms with Gasteiger partial charge in [0.25, 0.3) is 0 Å². The van der Waals surface area contributed by atoms with Crippen molar-refractivity contribution in [1.82, 2.24) is 10.6 Å². The molecule has 1 heterocycles. The first-order valence-corrected chi connectivity index (χ1v) is 9.44. The van der Waals surface area contributed by atoms with E-state index in [0.29, 0.717) is 24.0 Å². The highest BCUT2D eigenvalue weighted by Gasteiger charge is 2.22. The van der Waals surface area contributed by atoms with Crippen molar-refractivity contribution in [2.45, 2.75) is 32.4 Å². The molecule has 2 aromatic carbocycles. The predicted octanol–water partition coefficient (Wildman–Crippen LogP) is 3.58. The molecule has 2 N–H and O–H groups in total. The topological polar surface area (TPSA) is 50.4 Å². The number of halogens is 1. The summed E-state index contributed by atoms with van der Waals surface area (Å²) < 4.78 is 5.84. The summed E-state index contributed by atoms with van der Waals surface area (Å²) in [6.07, 6.45) is 1.35. The standard InChI is InChI=1S/C21H25ClN2O2/c1-15-13-23-10-9-20(15)24-21(25)12-17-3-2-4-19(11-17)26-14-16-5-7-18(22)8-6-16/h2-8,11,15,20,23H,9-10,12-14H2,1H3,(H,24,25). The van der Waals surface area contributed by atoms with Gasteiger partial charge in [0.15, 0.2) is 0 Å². The second kappa shape index (κ2) is 9.06. The number of piperidine rings is 1. The van der Waals surface area contributed by atoms with E-state index in [2.05, 4.69) is 17.6 Å². The van der Waals surface area contributed by atoms with Gasteiger partial charge < -0.3 is 15.4 Å². The molecule has 138 valence electrons. The first-order chi connectivity index (χ1) is 12.6. The molecule has 26 heavy (non-hydrogen) atoms. The highest BCUT2D eigenvalue weighted by atomic mass is 35.5. The molecule has 0 aromatic heterocycles. The lowest BCUT2D eigenvalue weighted by Gasteiger charge is -2.30. The zero-order valence-corrected chi connectivity index (χ0v) is 15.8. The lowest BCUT2D eigenvalue weighted by Crippen LogP contribution is -2.48. The summed E-state index contributed by atoms with van der Waals surface area (Å²) in [7, 11) is 0. The van der Waals surface area contributed by atoms with Gasteiger partial charge in [-0.2, -0.15) is 0 Å². The van der Waals surface area contributed by atoms with E-state index in [1.54, 1.807) is 0 Å². The van der Waals surface area contributed by atoms with Crippen LogP contribution in [0.5, 0.6) is 5.75 Å². The van der Waals surface area contributed by atoms with Gasteiger partial charge in [0, 0.05) is 11.1 Å². The highest BCUT2D eigenvalue weighted by molar-refractivity contribution is 6.30. The molecule has 3 rings (SSSR count). The molecule has 1 aliphatic heterocycles. The van der Waals surface area contributed by atoms with Gasteiger partial charge in [-0.25, -0.2) is 0 Å². The van der Waals surface area contributed by atoms with Gasteiger partial charge in [0.05, 0.1) is 6.42 Å². The number of hydrogen-bond donors (Lipinski definition) is 2. The van der Waals surface area contributed by atoms with Crippen LogP contribution in [0.1, 0.15) is 24.5 Å². The van der Waals surface area contributed by atoms with Crippen molar-refractivity contribution in [2.75, 3.05) is 13.1 Å². The summed E-state index contributed by atoms with van der Waals surface area (Å²) in [6, 6.07) is 15.6. The van der Waals surface area contributed by atoms with Gasteiger partial charge in [-0.1, -0.05) is 42.8 Å². The Morgan fingerprint density at radius 1 is 1.23 bits per heavy atom. The Morgan fingerprint density at radius 3 is 2.81 bits per heavy atom. The molecule has 5 heteroatoms. The Morgan fingerprint density at radius 2 is 2.04 bits per heavy atom. The lowest BCUT2D eigenvalue weighted by atomic mass is 9.95. The minimum absolute atomic E-state index is 0.0681. The number of nitrogens with one attached hydrogen (secondary N) is 2. The van der Waals surface area contributed by atoms with Crippen LogP contribution >= 0.6 is 11.6 Å². The molecular weight excluding hydrogens is 348 g/mol. The van der Waals surface area contributed by atoms with Crippen molar-refractivity contribution in [3.63, 3.8) is 0 Å². The van der Waals surface area contributed by atoms with Crippen LogP contribution in [-0.2, 0) is 17.8 Å². The second-order valence-electron chi connectivity index (χ2n) is 6.88. The third kappa shape index (κ3) is 5.48. The maximum Gasteiger partial charge on any atom is 0.224 e. The normalized spacial score (nSPS) is 19.8. The van der Waals surface area contributed by atoms with Crippen molar-refractivity contribution in [3.8, 4) is 5.75 Å². The maximum atomic E-state index is 12.4. The first kappa shape index (κ1) is 18.7. The number of ether oxygens (including phenoxy) is 1. The number of carbonyl (C=O) groups is 1. The van der Waals surface area contributed by atoms with Crippen LogP contribution in [0, 0.1) is 5.92 Å². The van der Waals surface area contributed by atoms with E-state index in [1.165, 1.54) is 0 Å². The van der Waals surface area contributed by atoms with Gasteiger partial charge in [0.1, 0.15) is 12.4 Å². The van der Waals surface area contributed by atoms with Gasteiger partial charge in [-0.3, -0.25) is 4.79 Å². The van der Waals surface area contributed by atoms with Crippen molar-refractivity contribution in [3.05, 3.63) is 64.7 Å². The van der Waals surface area contributed by atoms with E-state index in [0.717, 1.165) is 36.4 Å². The van der Waals surface area contributed by atoms with Crippen LogP contribution in [0.25, 0.3) is 0 Å². The molecule has 0 spiro atoms. The second-order valence-corrected chi connectivity index (χ2v) is 7.32. The first-order valence-electron chi connectivity index (χ1n) is 9.06. The molecule has 2 atom stereocenters. The molecule has 1 aliphatic rings. The highest BCUT2D eigenvalue weighted by Crippen LogP contribution is 2.17. The SMILES string of the molecule is CC1CNCCC1NC(=O)Cc1cccc(OCc2ccc(Cl)cc2)c1. The fourth-order valence-electron chi connectivity index (χ4n) is 3.16. The van der Waals surface area contributed by atoms with Crippen LogP contribution in [0.2, 0.25) is 5.02 Å². The van der Waals surface area contributed by atoms with Gasteiger partial charge in [-0.05, 0) is 60.8 Å². The Balaban J connectivity index is 1.53. The number of carbonyl (C=O) groups excluding carboxylic acids is 1. The third-order valence-corrected chi connectivity index (χ3v) is 4.97. The summed E-state index contributed by atoms with van der Waals surface area (Å²) in [6.45, 7) is 4.56. The van der Waals surface area contributed by atoms with Crippen LogP contribution in [0.15, 0.2) is 48.5 Å². The van der Waals surface area contributed by atoms with Crippen LogP contribution in [0.3, 0.4) is 0 Å². The van der Waals surface area contributed by atoms with Crippen LogP contribution in [-0.4, -0.2) is 25.0 Å². The number of amides is 1. The van der Waals surface area contributed by atoms with Crippen molar-refractivity contribution in [2.24, 2.45) is 5.92 Å². The molecule has 0 radical (unpaired) electrons. The minimum atomic E-state index is 0.0681. The fourth-order valence-corrected chi connectivity index (χ4v) is 3.29. The Kier molecular flexibility index (Phi) is 6.53. The smallest absolute Gasteiger partial charge is 0.224 e. The van der Waals surface area contributed by atoms with E-state index in [-0.39, 0.29) is 11.9 Å². The average Bonchev–Trinajstić information content (AvgIpc) is 2.63. The zero-order chi connectivity index (χ0) is 18.4. The van der Waals surface area contributed by atoms with E-state index in [4.69, 9.17) is 16.3 Å². The Bertz CT molecular complexity index is 733. The quantitative estimate of drug-likeness (QED) is 0.814. The predicted molar refractivity (Wildman–Crippen MR) is 105 cm³/mol. The molecule has 2 aromatic rings. The van der Waals surface area contributed by atoms with Crippen LogP contribution in [0.4, 0.5) is 0 Å². The molecule has 0 saturated carbocycles. The molecule has 0 aliphatic carbocycles. The molecule has 0 bridgehead atoms. The number of hydrogen-bond acceptors (Lipinski definition) is 3. The maximum absolute atomic E-state index is 12.4. The Hall–Kier alpha value is -2.04. The number of benzene rings is 2. The Labute approximate surface area is 159 Å². The summed E-state index contributed by atoms with van der Waals surface area (Å²) in [5, 5.41) is 7.23. The molecular formula is C21H25ClN2O2. The zero-order valence-electron chi connectivity index (χ0n) is 15.0. The van der Waals surface area contributed by atoms with Crippen molar-refractivity contribution >= 4 is 17.5 Å². The number of rotatable bonds is 6. The summed E-state index contributed by atoms with van der Waals surface area (Å²) in [4.78, 5) is 12.4. The van der Waals surface area contributed by atoms with Gasteiger partial charge >= 0.3 is 0 Å². The molecule has 4 nitrogen and oxygen atoms in total. The molecule has 1 fully saturated rings. The van der Waals surface area contributed by atoms with E-state index < -0.39 is 0 Å². The monoisotopic (exact) mass is 372 g/mol. The lowest BCUT2D eigenvalue weighted by molar-refractivity contribution is -0.121. The van der Waals surface area contributed by atoms with Crippen molar-refractivity contribution in [1.29, 1.82) is 0 Å². The fraction of sp³-hybridized carbons (Fsp3) is 0.381. The van der Waals surface area contributed by atoms with E-state index in [1.807, 2.05) is 48.5 Å².